The summed E-state index contributed by atoms with van der Waals surface area (Å²) in [6.07, 6.45) is 2.48. The Morgan fingerprint density at radius 2 is 2.00 bits per heavy atom. The summed E-state index contributed by atoms with van der Waals surface area (Å²) in [5.74, 6) is -0.0428. The second-order valence-electron chi connectivity index (χ2n) is 6.75. The van der Waals surface area contributed by atoms with E-state index in [9.17, 15) is 13.2 Å². The predicted octanol–water partition coefficient (Wildman–Crippen LogP) is 3.27. The van der Waals surface area contributed by atoms with Gasteiger partial charge in [-0.25, -0.2) is 17.7 Å². The Labute approximate surface area is 168 Å². The minimum atomic E-state index is -3.22. The average molecular weight is 428 g/mol. The van der Waals surface area contributed by atoms with Crippen LogP contribution in [0.15, 0.2) is 24.3 Å². The number of carbonyl (C=O) groups is 1. The van der Waals surface area contributed by atoms with Gasteiger partial charge in [0.05, 0.1) is 11.9 Å². The van der Waals surface area contributed by atoms with E-state index in [1.165, 1.54) is 21.9 Å². The Morgan fingerprint density at radius 3 is 2.59 bits per heavy atom. The van der Waals surface area contributed by atoms with Gasteiger partial charge in [-0.15, -0.1) is 11.3 Å². The first-order valence-electron chi connectivity index (χ1n) is 8.62. The number of nitrogens with zero attached hydrogens (tertiary/aromatic N) is 3. The second kappa shape index (κ2) is 7.87. The summed E-state index contributed by atoms with van der Waals surface area (Å²) in [6.45, 7) is 2.91. The van der Waals surface area contributed by atoms with Gasteiger partial charge in [-0.1, -0.05) is 23.7 Å². The third-order valence-corrected chi connectivity index (χ3v) is 7.63. The molecular weight excluding hydrogens is 406 g/mol. The molecule has 1 aromatic heterocycles. The van der Waals surface area contributed by atoms with Crippen molar-refractivity contribution in [2.75, 3.05) is 26.4 Å². The lowest BCUT2D eigenvalue weighted by molar-refractivity contribution is 0.0690. The fourth-order valence-corrected chi connectivity index (χ4v) is 5.16. The van der Waals surface area contributed by atoms with Crippen LogP contribution in [0.3, 0.4) is 0 Å². The minimum Gasteiger partial charge on any atom is -0.338 e. The number of halogens is 1. The highest BCUT2D eigenvalue weighted by atomic mass is 35.5. The van der Waals surface area contributed by atoms with Gasteiger partial charge in [0.1, 0.15) is 9.88 Å². The van der Waals surface area contributed by atoms with Gasteiger partial charge in [-0.05, 0) is 31.9 Å². The highest BCUT2D eigenvalue weighted by Gasteiger charge is 2.30. The van der Waals surface area contributed by atoms with E-state index in [1.54, 1.807) is 18.0 Å². The summed E-state index contributed by atoms with van der Waals surface area (Å²) in [5.41, 5.74) is 1.60. The highest BCUT2D eigenvalue weighted by Crippen LogP contribution is 2.31. The van der Waals surface area contributed by atoms with Crippen molar-refractivity contribution in [3.05, 3.63) is 39.9 Å². The number of carbonyl (C=O) groups excluding carboxylic acids is 1. The molecule has 1 saturated heterocycles. The number of rotatable bonds is 4. The fourth-order valence-electron chi connectivity index (χ4n) is 3.19. The predicted molar refractivity (Wildman–Crippen MR) is 109 cm³/mol. The van der Waals surface area contributed by atoms with Crippen LogP contribution in [0.2, 0.25) is 5.02 Å². The molecule has 1 amide bonds. The number of aromatic nitrogens is 1. The molecule has 0 saturated carbocycles. The third kappa shape index (κ3) is 4.51. The van der Waals surface area contributed by atoms with Crippen molar-refractivity contribution in [3.8, 4) is 10.6 Å². The van der Waals surface area contributed by atoms with E-state index in [-0.39, 0.29) is 11.9 Å². The van der Waals surface area contributed by atoms with E-state index in [0.29, 0.717) is 41.5 Å². The Hall–Kier alpha value is -1.48. The largest absolute Gasteiger partial charge is 0.338 e. The van der Waals surface area contributed by atoms with Crippen LogP contribution >= 0.6 is 22.9 Å². The highest BCUT2D eigenvalue weighted by molar-refractivity contribution is 7.88. The number of piperidine rings is 1. The topological polar surface area (TPSA) is 70.6 Å². The lowest BCUT2D eigenvalue weighted by atomic mass is 10.1. The van der Waals surface area contributed by atoms with Gasteiger partial charge in [0.2, 0.25) is 10.0 Å². The van der Waals surface area contributed by atoms with Gasteiger partial charge >= 0.3 is 0 Å². The van der Waals surface area contributed by atoms with Gasteiger partial charge in [0, 0.05) is 36.8 Å². The zero-order valence-electron chi connectivity index (χ0n) is 15.5. The van der Waals surface area contributed by atoms with Crippen LogP contribution in [-0.4, -0.2) is 60.9 Å². The summed E-state index contributed by atoms with van der Waals surface area (Å²) in [4.78, 5) is 19.9. The summed E-state index contributed by atoms with van der Waals surface area (Å²) in [6, 6.07) is 7.35. The molecule has 1 aromatic carbocycles. The van der Waals surface area contributed by atoms with Crippen LogP contribution in [0.25, 0.3) is 10.6 Å². The van der Waals surface area contributed by atoms with Crippen molar-refractivity contribution in [3.63, 3.8) is 0 Å². The molecule has 0 bridgehead atoms. The zero-order valence-corrected chi connectivity index (χ0v) is 17.9. The Balaban J connectivity index is 1.72. The van der Waals surface area contributed by atoms with Crippen LogP contribution in [-0.2, 0) is 10.0 Å². The van der Waals surface area contributed by atoms with Crippen LogP contribution < -0.4 is 0 Å². The van der Waals surface area contributed by atoms with Gasteiger partial charge in [-0.2, -0.15) is 0 Å². The Bertz CT molecular complexity index is 951. The molecule has 3 rings (SSSR count). The van der Waals surface area contributed by atoms with Crippen molar-refractivity contribution < 1.29 is 13.2 Å². The molecule has 0 unspecified atom stereocenters. The first-order chi connectivity index (χ1) is 12.7. The molecule has 0 aliphatic carbocycles. The summed E-state index contributed by atoms with van der Waals surface area (Å²) in [7, 11) is -1.62. The maximum atomic E-state index is 12.9. The van der Waals surface area contributed by atoms with Gasteiger partial charge in [0.15, 0.2) is 0 Å². The van der Waals surface area contributed by atoms with E-state index in [4.69, 9.17) is 11.6 Å². The zero-order chi connectivity index (χ0) is 19.8. The number of aryl methyl sites for hydroxylation is 1. The molecule has 9 heteroatoms. The van der Waals surface area contributed by atoms with Crippen molar-refractivity contribution in [2.45, 2.75) is 25.8 Å². The normalized spacial score (nSPS) is 16.1. The number of likely N-dealkylation sites (tertiary alicyclic amines) is 1. The molecule has 0 atom stereocenters. The maximum absolute atomic E-state index is 12.9. The summed E-state index contributed by atoms with van der Waals surface area (Å²) in [5, 5.41) is 1.40. The quantitative estimate of drug-likeness (QED) is 0.750. The van der Waals surface area contributed by atoms with Crippen LogP contribution in [0.1, 0.15) is 28.2 Å². The molecular formula is C18H22ClN3O3S2. The molecule has 1 aliphatic rings. The summed E-state index contributed by atoms with van der Waals surface area (Å²) >= 11 is 7.42. The summed E-state index contributed by atoms with van der Waals surface area (Å²) < 4.78 is 24.8. The molecule has 1 aliphatic heterocycles. The van der Waals surface area contributed by atoms with E-state index < -0.39 is 10.0 Å². The SMILES string of the molecule is Cc1nc(-c2cccc(Cl)c2)sc1C(=O)N1CCC(N(C)S(C)(=O)=O)CC1. The Morgan fingerprint density at radius 1 is 1.33 bits per heavy atom. The standard InChI is InChI=1S/C18H22ClN3O3S2/c1-12-16(26-17(20-12)13-5-4-6-14(19)11-13)18(23)22-9-7-15(8-10-22)21(2)27(3,24)25/h4-6,11,15H,7-10H2,1-3H3. The van der Waals surface area contributed by atoms with E-state index in [2.05, 4.69) is 4.98 Å². The average Bonchev–Trinajstić information content (AvgIpc) is 3.01. The Kier molecular flexibility index (Phi) is 5.90. The lowest BCUT2D eigenvalue weighted by Gasteiger charge is -2.35. The van der Waals surface area contributed by atoms with Gasteiger partial charge in [-0.3, -0.25) is 4.79 Å². The molecule has 2 heterocycles. The first-order valence-corrected chi connectivity index (χ1v) is 11.7. The smallest absolute Gasteiger partial charge is 0.265 e. The number of thiazole rings is 1. The number of hydrogen-bond donors (Lipinski definition) is 0. The number of amides is 1. The van der Waals surface area contributed by atoms with Crippen molar-refractivity contribution in [2.24, 2.45) is 0 Å². The van der Waals surface area contributed by atoms with Crippen LogP contribution in [0.5, 0.6) is 0 Å². The molecule has 2 aromatic rings. The van der Waals surface area contributed by atoms with Crippen molar-refractivity contribution >= 4 is 38.9 Å². The second-order valence-corrected chi connectivity index (χ2v) is 10.2. The monoisotopic (exact) mass is 427 g/mol. The van der Waals surface area contributed by atoms with Crippen LogP contribution in [0.4, 0.5) is 0 Å². The molecule has 146 valence electrons. The van der Waals surface area contributed by atoms with Gasteiger partial charge < -0.3 is 4.90 Å². The fraction of sp³-hybridized carbons (Fsp3) is 0.444. The lowest BCUT2D eigenvalue weighted by Crippen LogP contribution is -2.47. The molecule has 0 radical (unpaired) electrons. The molecule has 27 heavy (non-hydrogen) atoms. The van der Waals surface area contributed by atoms with E-state index >= 15 is 0 Å². The number of benzene rings is 1. The molecule has 0 spiro atoms. The van der Waals surface area contributed by atoms with Crippen molar-refractivity contribution in [1.82, 2.24) is 14.2 Å². The van der Waals surface area contributed by atoms with E-state index in [0.717, 1.165) is 10.6 Å². The van der Waals surface area contributed by atoms with E-state index in [1.807, 2.05) is 25.1 Å². The van der Waals surface area contributed by atoms with Crippen molar-refractivity contribution in [1.29, 1.82) is 0 Å². The first kappa shape index (κ1) is 20.3. The van der Waals surface area contributed by atoms with Crippen LogP contribution in [0, 0.1) is 6.92 Å². The third-order valence-electron chi connectivity index (χ3n) is 4.85. The number of sulfonamides is 1. The number of hydrogen-bond acceptors (Lipinski definition) is 5. The molecule has 0 N–H and O–H groups in total. The molecule has 6 nitrogen and oxygen atoms in total. The minimum absolute atomic E-state index is 0.0428. The maximum Gasteiger partial charge on any atom is 0.265 e. The molecule has 1 fully saturated rings. The van der Waals surface area contributed by atoms with Gasteiger partial charge in [0.25, 0.3) is 5.91 Å².